The van der Waals surface area contributed by atoms with Crippen molar-refractivity contribution in [2.75, 3.05) is 38.8 Å². The van der Waals surface area contributed by atoms with Gasteiger partial charge in [-0.05, 0) is 43.2 Å². The number of nitrogens with one attached hydrogen (secondary N) is 1. The van der Waals surface area contributed by atoms with Crippen LogP contribution in [0.5, 0.6) is 17.2 Å². The monoisotopic (exact) mass is 417 g/mol. The molecule has 0 spiro atoms. The molecule has 0 radical (unpaired) electrons. The number of anilines is 1. The predicted molar refractivity (Wildman–Crippen MR) is 114 cm³/mol. The third-order valence-corrected chi connectivity index (χ3v) is 4.81. The molecule has 7 nitrogen and oxygen atoms in total. The fourth-order valence-electron chi connectivity index (χ4n) is 3.10. The highest BCUT2D eigenvalue weighted by Crippen LogP contribution is 2.36. The molecule has 0 unspecified atom stereocenters. The maximum Gasteiger partial charge on any atom is 0.277 e. The first kappa shape index (κ1) is 20.8. The number of carbonyl (C=O) groups excluding carboxylic acids is 1. The summed E-state index contributed by atoms with van der Waals surface area (Å²) in [6.45, 7) is 1.83. The van der Waals surface area contributed by atoms with E-state index in [9.17, 15) is 4.79 Å². The Morgan fingerprint density at radius 2 is 1.83 bits per heavy atom. The second-order valence-corrected chi connectivity index (χ2v) is 6.93. The summed E-state index contributed by atoms with van der Waals surface area (Å²) < 4.78 is 16.4. The van der Waals surface area contributed by atoms with Crippen molar-refractivity contribution in [2.45, 2.75) is 12.8 Å². The van der Waals surface area contributed by atoms with Crippen molar-refractivity contribution in [1.82, 2.24) is 5.43 Å². The van der Waals surface area contributed by atoms with Crippen LogP contribution < -0.4 is 24.5 Å². The second-order valence-electron chi connectivity index (χ2n) is 6.50. The summed E-state index contributed by atoms with van der Waals surface area (Å²) in [6, 6.07) is 10.6. The van der Waals surface area contributed by atoms with E-state index in [0.29, 0.717) is 22.1 Å². The molecule has 1 heterocycles. The molecule has 3 rings (SSSR count). The van der Waals surface area contributed by atoms with Crippen LogP contribution in [0.2, 0.25) is 5.02 Å². The van der Waals surface area contributed by atoms with Gasteiger partial charge in [0.2, 0.25) is 0 Å². The average molecular weight is 418 g/mol. The Labute approximate surface area is 175 Å². The van der Waals surface area contributed by atoms with Crippen LogP contribution in [-0.2, 0) is 4.79 Å². The highest BCUT2D eigenvalue weighted by molar-refractivity contribution is 6.30. The molecular formula is C21H24ClN3O4. The molecule has 2 aromatic rings. The summed E-state index contributed by atoms with van der Waals surface area (Å²) in [6.07, 6.45) is 3.85. The molecule has 1 N–H and O–H groups in total. The molecule has 2 aromatic carbocycles. The third kappa shape index (κ3) is 5.54. The van der Waals surface area contributed by atoms with Gasteiger partial charge in [0.05, 0.1) is 26.1 Å². The zero-order valence-corrected chi connectivity index (χ0v) is 17.2. The Bertz CT molecular complexity index is 865. The minimum atomic E-state index is -0.379. The highest BCUT2D eigenvalue weighted by Gasteiger charge is 2.19. The van der Waals surface area contributed by atoms with Crippen LogP contribution >= 0.6 is 11.6 Å². The lowest BCUT2D eigenvalue weighted by Crippen LogP contribution is -2.24. The number of methoxy groups -OCH3 is 2. The Morgan fingerprint density at radius 3 is 2.48 bits per heavy atom. The summed E-state index contributed by atoms with van der Waals surface area (Å²) in [4.78, 5) is 14.2. The van der Waals surface area contributed by atoms with E-state index in [2.05, 4.69) is 15.4 Å². The van der Waals surface area contributed by atoms with Gasteiger partial charge in [-0.25, -0.2) is 5.43 Å². The number of halogens is 1. The Morgan fingerprint density at radius 1 is 1.14 bits per heavy atom. The molecule has 1 aliphatic rings. The zero-order chi connectivity index (χ0) is 20.6. The van der Waals surface area contributed by atoms with Gasteiger partial charge in [0, 0.05) is 29.7 Å². The van der Waals surface area contributed by atoms with Crippen LogP contribution in [0, 0.1) is 0 Å². The molecule has 1 fully saturated rings. The largest absolute Gasteiger partial charge is 0.496 e. The van der Waals surface area contributed by atoms with Gasteiger partial charge in [-0.15, -0.1) is 0 Å². The number of amides is 1. The van der Waals surface area contributed by atoms with Crippen LogP contribution in [0.4, 0.5) is 5.69 Å². The fraction of sp³-hybridized carbons (Fsp3) is 0.333. The van der Waals surface area contributed by atoms with E-state index in [4.69, 9.17) is 25.8 Å². The molecule has 0 atom stereocenters. The maximum absolute atomic E-state index is 11.9. The molecule has 1 amide bonds. The summed E-state index contributed by atoms with van der Waals surface area (Å²) in [7, 11) is 3.24. The van der Waals surface area contributed by atoms with Crippen LogP contribution in [0.25, 0.3) is 0 Å². The summed E-state index contributed by atoms with van der Waals surface area (Å²) in [5, 5.41) is 4.61. The van der Waals surface area contributed by atoms with Crippen LogP contribution in [0.15, 0.2) is 41.5 Å². The maximum atomic E-state index is 11.9. The van der Waals surface area contributed by atoms with Gasteiger partial charge in [0.25, 0.3) is 5.91 Å². The number of hydrogen-bond acceptors (Lipinski definition) is 6. The van der Waals surface area contributed by atoms with E-state index in [1.165, 1.54) is 19.1 Å². The number of rotatable bonds is 8. The highest BCUT2D eigenvalue weighted by atomic mass is 35.5. The molecule has 0 aromatic heterocycles. The standard InChI is InChI=1S/C21H24ClN3O4/c1-27-19-12-18(25-9-3-4-10-25)20(28-2)11-15(19)13-23-24-21(26)14-29-17-7-5-16(22)6-8-17/h5-8,11-13H,3-4,9-10,14H2,1-2H3,(H,24,26)/b23-13-. The van der Waals surface area contributed by atoms with Crippen molar-refractivity contribution >= 4 is 29.4 Å². The first-order chi connectivity index (χ1) is 14.1. The van der Waals surface area contributed by atoms with E-state index in [1.807, 2.05) is 12.1 Å². The third-order valence-electron chi connectivity index (χ3n) is 4.55. The minimum Gasteiger partial charge on any atom is -0.496 e. The molecule has 0 bridgehead atoms. The van der Waals surface area contributed by atoms with Crippen molar-refractivity contribution in [3.8, 4) is 17.2 Å². The second kappa shape index (κ2) is 10.0. The van der Waals surface area contributed by atoms with Gasteiger partial charge in [-0.1, -0.05) is 11.6 Å². The van der Waals surface area contributed by atoms with E-state index in [0.717, 1.165) is 24.5 Å². The van der Waals surface area contributed by atoms with E-state index >= 15 is 0 Å². The molecule has 8 heteroatoms. The van der Waals surface area contributed by atoms with Gasteiger partial charge >= 0.3 is 0 Å². The molecule has 0 saturated carbocycles. The minimum absolute atomic E-state index is 0.159. The number of hydrogen-bond donors (Lipinski definition) is 1. The van der Waals surface area contributed by atoms with Gasteiger partial charge in [0.15, 0.2) is 6.61 Å². The van der Waals surface area contributed by atoms with Crippen molar-refractivity contribution in [2.24, 2.45) is 5.10 Å². The smallest absolute Gasteiger partial charge is 0.277 e. The SMILES string of the molecule is COc1cc(N2CCCC2)c(OC)cc1/C=N\NC(=O)COc1ccc(Cl)cc1. The Kier molecular flexibility index (Phi) is 7.19. The van der Waals surface area contributed by atoms with Crippen molar-refractivity contribution in [3.05, 3.63) is 47.0 Å². The number of hydrazone groups is 1. The Balaban J connectivity index is 1.62. The normalized spacial score (nSPS) is 13.6. The number of ether oxygens (including phenoxy) is 3. The molecule has 1 aliphatic heterocycles. The fourth-order valence-corrected chi connectivity index (χ4v) is 3.22. The van der Waals surface area contributed by atoms with Crippen molar-refractivity contribution in [3.63, 3.8) is 0 Å². The van der Waals surface area contributed by atoms with Gasteiger partial charge in [-0.2, -0.15) is 5.10 Å². The zero-order valence-electron chi connectivity index (χ0n) is 16.5. The van der Waals surface area contributed by atoms with Crippen molar-refractivity contribution < 1.29 is 19.0 Å². The lowest BCUT2D eigenvalue weighted by atomic mass is 10.1. The van der Waals surface area contributed by atoms with Gasteiger partial charge in [-0.3, -0.25) is 4.79 Å². The molecular weight excluding hydrogens is 394 g/mol. The first-order valence-electron chi connectivity index (χ1n) is 9.32. The quantitative estimate of drug-likeness (QED) is 0.525. The van der Waals surface area contributed by atoms with Crippen molar-refractivity contribution in [1.29, 1.82) is 0 Å². The number of carbonyl (C=O) groups is 1. The lowest BCUT2D eigenvalue weighted by molar-refractivity contribution is -0.123. The van der Waals surface area contributed by atoms with Crippen LogP contribution in [-0.4, -0.2) is 46.0 Å². The number of benzene rings is 2. The lowest BCUT2D eigenvalue weighted by Gasteiger charge is -2.22. The topological polar surface area (TPSA) is 72.4 Å². The average Bonchev–Trinajstić information content (AvgIpc) is 3.27. The van der Waals surface area contributed by atoms with E-state index in [-0.39, 0.29) is 12.5 Å². The predicted octanol–water partition coefficient (Wildman–Crippen LogP) is 3.49. The molecule has 29 heavy (non-hydrogen) atoms. The first-order valence-corrected chi connectivity index (χ1v) is 9.69. The van der Waals surface area contributed by atoms with Gasteiger partial charge in [0.1, 0.15) is 17.2 Å². The molecule has 154 valence electrons. The molecule has 1 saturated heterocycles. The van der Waals surface area contributed by atoms with Crippen LogP contribution in [0.1, 0.15) is 18.4 Å². The summed E-state index contributed by atoms with van der Waals surface area (Å²) in [5.74, 6) is 1.57. The molecule has 0 aliphatic carbocycles. The van der Waals surface area contributed by atoms with Crippen LogP contribution in [0.3, 0.4) is 0 Å². The van der Waals surface area contributed by atoms with E-state index < -0.39 is 0 Å². The Hall–Kier alpha value is -2.93. The van der Waals surface area contributed by atoms with Gasteiger partial charge < -0.3 is 19.1 Å². The summed E-state index contributed by atoms with van der Waals surface area (Å²) in [5.41, 5.74) is 4.14. The number of nitrogens with zero attached hydrogens (tertiary/aromatic N) is 2. The summed E-state index contributed by atoms with van der Waals surface area (Å²) >= 11 is 5.82. The van der Waals surface area contributed by atoms with E-state index in [1.54, 1.807) is 38.5 Å².